The maximum Gasteiger partial charge on any atom is 0.338 e. The molecule has 1 amide bonds. The number of hydrogen-bond donors (Lipinski definition) is 1. The Morgan fingerprint density at radius 3 is 2.57 bits per heavy atom. The molecule has 1 aliphatic heterocycles. The van der Waals surface area contributed by atoms with Crippen molar-refractivity contribution in [1.29, 1.82) is 0 Å². The summed E-state index contributed by atoms with van der Waals surface area (Å²) < 4.78 is 31.5. The molecule has 0 saturated heterocycles. The van der Waals surface area contributed by atoms with E-state index in [1.54, 1.807) is 6.07 Å². The molecule has 2 heterocycles. The summed E-state index contributed by atoms with van der Waals surface area (Å²) in [5.41, 5.74) is -0.0162. The van der Waals surface area contributed by atoms with E-state index >= 15 is 0 Å². The lowest BCUT2D eigenvalue weighted by atomic mass is 10.0. The Morgan fingerprint density at radius 1 is 1.10 bits per heavy atom. The number of amides is 1. The van der Waals surface area contributed by atoms with E-state index < -0.39 is 34.1 Å². The Morgan fingerprint density at radius 2 is 1.83 bits per heavy atom. The number of anilines is 1. The molecule has 1 aliphatic rings. The number of ketones is 1. The second-order valence-corrected chi connectivity index (χ2v) is 10.4. The number of ether oxygens (including phenoxy) is 1. The number of fused-ring (bicyclic) bond motifs is 2. The van der Waals surface area contributed by atoms with Crippen LogP contribution >= 0.6 is 27.3 Å². The number of sulfone groups is 1. The minimum atomic E-state index is -3.98. The third-order valence-corrected chi connectivity index (χ3v) is 7.47. The third-order valence-electron chi connectivity index (χ3n) is 4.23. The van der Waals surface area contributed by atoms with Gasteiger partial charge >= 0.3 is 5.97 Å². The van der Waals surface area contributed by atoms with E-state index in [0.29, 0.717) is 5.13 Å². The van der Waals surface area contributed by atoms with E-state index in [2.05, 4.69) is 26.2 Å². The van der Waals surface area contributed by atoms with Gasteiger partial charge in [-0.25, -0.2) is 18.2 Å². The number of esters is 1. The van der Waals surface area contributed by atoms with E-state index in [9.17, 15) is 22.8 Å². The van der Waals surface area contributed by atoms with Crippen LogP contribution in [0.4, 0.5) is 5.13 Å². The Labute approximate surface area is 183 Å². The smallest absolute Gasteiger partial charge is 0.338 e. The number of carbonyl (C=O) groups excluding carboxylic acids is 3. The topological polar surface area (TPSA) is 120 Å². The van der Waals surface area contributed by atoms with E-state index in [1.165, 1.54) is 47.9 Å². The van der Waals surface area contributed by atoms with Crippen LogP contribution in [0, 0.1) is 0 Å². The molecule has 0 atom stereocenters. The largest absolute Gasteiger partial charge is 0.452 e. The molecule has 4 rings (SSSR count). The van der Waals surface area contributed by atoms with Gasteiger partial charge in [0.25, 0.3) is 5.91 Å². The van der Waals surface area contributed by atoms with Gasteiger partial charge in [-0.05, 0) is 46.3 Å². The highest BCUT2D eigenvalue weighted by Gasteiger charge is 2.35. The molecule has 3 aromatic rings. The highest BCUT2D eigenvalue weighted by molar-refractivity contribution is 9.11. The van der Waals surface area contributed by atoms with Crippen molar-refractivity contribution in [2.75, 3.05) is 11.9 Å². The average molecular weight is 507 g/mol. The van der Waals surface area contributed by atoms with Gasteiger partial charge in [0.1, 0.15) is 0 Å². The van der Waals surface area contributed by atoms with Crippen molar-refractivity contribution in [2.24, 2.45) is 0 Å². The lowest BCUT2D eigenvalue weighted by molar-refractivity contribution is -0.119. The van der Waals surface area contributed by atoms with Crippen molar-refractivity contribution >= 4 is 59.9 Å². The molecule has 0 bridgehead atoms. The van der Waals surface area contributed by atoms with Crippen molar-refractivity contribution in [1.82, 2.24) is 4.98 Å². The van der Waals surface area contributed by atoms with Crippen molar-refractivity contribution in [2.45, 2.75) is 9.79 Å². The average Bonchev–Trinajstić information content (AvgIpc) is 3.14. The summed E-state index contributed by atoms with van der Waals surface area (Å²) in [5.74, 6) is -1.93. The van der Waals surface area contributed by atoms with Crippen LogP contribution in [0.15, 0.2) is 62.2 Å². The summed E-state index contributed by atoms with van der Waals surface area (Å²) >= 11 is 4.41. The van der Waals surface area contributed by atoms with Gasteiger partial charge in [0, 0.05) is 11.1 Å². The SMILES string of the molecule is O=C(COC(=O)c1ccc2c(c1)S(=O)(=O)c1ccccc1C2=O)Nc1ncc(Br)s1. The quantitative estimate of drug-likeness (QED) is 0.422. The first-order valence-corrected chi connectivity index (χ1v) is 11.5. The van der Waals surface area contributed by atoms with Crippen molar-refractivity contribution in [3.63, 3.8) is 0 Å². The molecule has 8 nitrogen and oxygen atoms in total. The van der Waals surface area contributed by atoms with Gasteiger partial charge in [-0.15, -0.1) is 0 Å². The molecule has 30 heavy (non-hydrogen) atoms. The van der Waals surface area contributed by atoms with Gasteiger partial charge in [-0.1, -0.05) is 23.5 Å². The zero-order valence-electron chi connectivity index (χ0n) is 14.9. The molecule has 0 fully saturated rings. The van der Waals surface area contributed by atoms with Crippen LogP contribution < -0.4 is 5.32 Å². The lowest BCUT2D eigenvalue weighted by Crippen LogP contribution is -2.22. The molecule has 0 aliphatic carbocycles. The number of aromatic nitrogens is 1. The molecule has 1 aromatic heterocycles. The van der Waals surface area contributed by atoms with Gasteiger partial charge in [-0.2, -0.15) is 0 Å². The highest BCUT2D eigenvalue weighted by Crippen LogP contribution is 2.34. The van der Waals surface area contributed by atoms with Crippen molar-refractivity contribution in [3.8, 4) is 0 Å². The van der Waals surface area contributed by atoms with E-state index in [4.69, 9.17) is 4.74 Å². The second kappa shape index (κ2) is 7.74. The summed E-state index contributed by atoms with van der Waals surface area (Å²) in [6, 6.07) is 9.55. The highest BCUT2D eigenvalue weighted by atomic mass is 79.9. The van der Waals surface area contributed by atoms with Crippen LogP contribution in [0.5, 0.6) is 0 Å². The molecular weight excluding hydrogens is 496 g/mol. The molecule has 11 heteroatoms. The number of thiazole rings is 1. The zero-order chi connectivity index (χ0) is 21.5. The summed E-state index contributed by atoms with van der Waals surface area (Å²) in [5, 5.41) is 2.80. The Bertz CT molecular complexity index is 1320. The fraction of sp³-hybridized carbons (Fsp3) is 0.0526. The van der Waals surface area contributed by atoms with Crippen molar-refractivity contribution < 1.29 is 27.5 Å². The zero-order valence-corrected chi connectivity index (χ0v) is 18.1. The number of rotatable bonds is 4. The Balaban J connectivity index is 1.54. The summed E-state index contributed by atoms with van der Waals surface area (Å²) in [6.45, 7) is -0.582. The summed E-state index contributed by atoms with van der Waals surface area (Å²) in [6.07, 6.45) is 1.51. The monoisotopic (exact) mass is 506 g/mol. The van der Waals surface area contributed by atoms with Crippen LogP contribution in [0.3, 0.4) is 0 Å². The first-order valence-electron chi connectivity index (χ1n) is 8.38. The normalized spacial score (nSPS) is 13.8. The maximum atomic E-state index is 12.9. The molecule has 0 spiro atoms. The van der Waals surface area contributed by atoms with Gasteiger partial charge in [0.05, 0.1) is 25.3 Å². The number of benzene rings is 2. The van der Waals surface area contributed by atoms with Crippen LogP contribution in [0.25, 0.3) is 0 Å². The number of halogens is 1. The molecule has 2 aromatic carbocycles. The van der Waals surface area contributed by atoms with E-state index in [0.717, 1.165) is 9.85 Å². The van der Waals surface area contributed by atoms with Crippen LogP contribution in [0.2, 0.25) is 0 Å². The number of nitrogens with zero attached hydrogens (tertiary/aromatic N) is 1. The van der Waals surface area contributed by atoms with Crippen LogP contribution in [-0.2, 0) is 19.4 Å². The Kier molecular flexibility index (Phi) is 5.26. The van der Waals surface area contributed by atoms with Crippen molar-refractivity contribution in [3.05, 3.63) is 69.1 Å². The fourth-order valence-corrected chi connectivity index (χ4v) is 5.69. The van der Waals surface area contributed by atoms with Gasteiger partial charge in [0.2, 0.25) is 9.84 Å². The first-order chi connectivity index (χ1) is 14.3. The minimum absolute atomic E-state index is 0.0164. The van der Waals surface area contributed by atoms with E-state index in [1.807, 2.05) is 0 Å². The molecule has 0 saturated carbocycles. The maximum absolute atomic E-state index is 12.9. The molecule has 0 unspecified atom stereocenters. The van der Waals surface area contributed by atoms with E-state index in [-0.39, 0.29) is 26.5 Å². The van der Waals surface area contributed by atoms with Gasteiger partial charge in [-0.3, -0.25) is 14.9 Å². The minimum Gasteiger partial charge on any atom is -0.452 e. The predicted octanol–water partition coefficient (Wildman–Crippen LogP) is 3.08. The van der Waals surface area contributed by atoms with Gasteiger partial charge in [0.15, 0.2) is 17.5 Å². The number of carbonyl (C=O) groups is 3. The number of hydrogen-bond acceptors (Lipinski definition) is 8. The first kappa shape index (κ1) is 20.4. The fourth-order valence-electron chi connectivity index (χ4n) is 2.89. The van der Waals surface area contributed by atoms with Gasteiger partial charge < -0.3 is 4.74 Å². The second-order valence-electron chi connectivity index (χ2n) is 6.13. The molecular formula is C19H11BrN2O6S2. The summed E-state index contributed by atoms with van der Waals surface area (Å²) in [7, 11) is -3.98. The Hall–Kier alpha value is -2.89. The molecule has 1 N–H and O–H groups in total. The molecule has 0 radical (unpaired) electrons. The number of nitrogens with one attached hydrogen (secondary N) is 1. The summed E-state index contributed by atoms with van der Waals surface area (Å²) in [4.78, 5) is 40.4. The lowest BCUT2D eigenvalue weighted by Gasteiger charge is -2.19. The van der Waals surface area contributed by atoms with Crippen LogP contribution in [0.1, 0.15) is 26.3 Å². The van der Waals surface area contributed by atoms with Crippen LogP contribution in [-0.4, -0.2) is 37.7 Å². The predicted molar refractivity (Wildman–Crippen MR) is 110 cm³/mol. The third kappa shape index (κ3) is 3.66. The molecule has 152 valence electrons. The standard InChI is InChI=1S/C19H11BrN2O6S2/c20-15-8-21-19(29-15)22-16(23)9-28-18(25)10-5-6-12-14(7-10)30(26,27)13-4-2-1-3-11(13)17(12)24/h1-8H,9H2,(H,21,22,23).